The van der Waals surface area contributed by atoms with Crippen LogP contribution in [-0.4, -0.2) is 5.78 Å². The fourth-order valence-electron chi connectivity index (χ4n) is 1.48. The second kappa shape index (κ2) is 3.14. The van der Waals surface area contributed by atoms with E-state index in [1.165, 1.54) is 0 Å². The summed E-state index contributed by atoms with van der Waals surface area (Å²) in [6, 6.07) is 11.3. The molecule has 70 valence electrons. The van der Waals surface area contributed by atoms with Crippen LogP contribution >= 0.6 is 0 Å². The van der Waals surface area contributed by atoms with Gasteiger partial charge < -0.3 is 5.73 Å². The van der Waals surface area contributed by atoms with Crippen LogP contribution in [0.15, 0.2) is 36.4 Å². The lowest BCUT2D eigenvalue weighted by molar-refractivity contribution is 0.101. The highest BCUT2D eigenvalue weighted by Crippen LogP contribution is 2.19. The standard InChI is InChI=1S/C12H11NO/c1-8(14)9-2-3-11-7-12(13)5-4-10(11)6-9/h2-7H,13H2,1H3. The Morgan fingerprint density at radius 2 is 1.71 bits per heavy atom. The molecule has 0 aromatic heterocycles. The number of nitrogens with two attached hydrogens (primary N) is 1. The molecule has 0 fully saturated rings. The predicted molar refractivity (Wildman–Crippen MR) is 58.4 cm³/mol. The first-order valence-electron chi connectivity index (χ1n) is 4.47. The van der Waals surface area contributed by atoms with Gasteiger partial charge in [-0.15, -0.1) is 0 Å². The summed E-state index contributed by atoms with van der Waals surface area (Å²) in [4.78, 5) is 11.1. The molecule has 0 amide bonds. The van der Waals surface area contributed by atoms with Crippen LogP contribution in [0.5, 0.6) is 0 Å². The van der Waals surface area contributed by atoms with E-state index in [1.807, 2.05) is 36.4 Å². The van der Waals surface area contributed by atoms with E-state index in [0.29, 0.717) is 0 Å². The summed E-state index contributed by atoms with van der Waals surface area (Å²) in [6.07, 6.45) is 0. The molecule has 0 atom stereocenters. The van der Waals surface area contributed by atoms with Crippen molar-refractivity contribution < 1.29 is 4.79 Å². The van der Waals surface area contributed by atoms with Crippen LogP contribution in [0.4, 0.5) is 5.69 Å². The molecule has 0 bridgehead atoms. The highest BCUT2D eigenvalue weighted by Gasteiger charge is 2.00. The van der Waals surface area contributed by atoms with Crippen LogP contribution in [0.1, 0.15) is 17.3 Å². The van der Waals surface area contributed by atoms with Gasteiger partial charge in [-0.1, -0.05) is 18.2 Å². The third-order valence-corrected chi connectivity index (χ3v) is 2.27. The lowest BCUT2D eigenvalue weighted by atomic mass is 10.0. The highest BCUT2D eigenvalue weighted by molar-refractivity contribution is 5.98. The molecule has 2 N–H and O–H groups in total. The van der Waals surface area contributed by atoms with Gasteiger partial charge in [-0.25, -0.2) is 0 Å². The van der Waals surface area contributed by atoms with E-state index in [1.54, 1.807) is 6.92 Å². The summed E-state index contributed by atoms with van der Waals surface area (Å²) in [5.74, 6) is 0.0868. The molecule has 0 unspecified atom stereocenters. The van der Waals surface area contributed by atoms with Gasteiger partial charge in [0.15, 0.2) is 5.78 Å². The van der Waals surface area contributed by atoms with Crippen molar-refractivity contribution in [1.82, 2.24) is 0 Å². The average molecular weight is 185 g/mol. The van der Waals surface area contributed by atoms with E-state index in [2.05, 4.69) is 0 Å². The Kier molecular flexibility index (Phi) is 1.97. The summed E-state index contributed by atoms with van der Waals surface area (Å²) in [5.41, 5.74) is 7.14. The van der Waals surface area contributed by atoms with Crippen LogP contribution < -0.4 is 5.73 Å². The highest BCUT2D eigenvalue weighted by atomic mass is 16.1. The van der Waals surface area contributed by atoms with Gasteiger partial charge >= 0.3 is 0 Å². The molecule has 0 saturated heterocycles. The maximum atomic E-state index is 11.1. The van der Waals surface area contributed by atoms with Crippen molar-refractivity contribution in [2.75, 3.05) is 5.73 Å². The number of nitrogen functional groups attached to an aromatic ring is 1. The zero-order valence-electron chi connectivity index (χ0n) is 7.95. The predicted octanol–water partition coefficient (Wildman–Crippen LogP) is 2.62. The number of benzene rings is 2. The average Bonchev–Trinajstić information content (AvgIpc) is 2.16. The van der Waals surface area contributed by atoms with Crippen molar-refractivity contribution in [3.63, 3.8) is 0 Å². The van der Waals surface area contributed by atoms with Gasteiger partial charge in [-0.2, -0.15) is 0 Å². The quantitative estimate of drug-likeness (QED) is 0.548. The molecular weight excluding hydrogens is 174 g/mol. The molecule has 0 spiro atoms. The first-order chi connectivity index (χ1) is 6.66. The summed E-state index contributed by atoms with van der Waals surface area (Å²) in [6.45, 7) is 1.57. The number of hydrogen-bond donors (Lipinski definition) is 1. The van der Waals surface area contributed by atoms with Crippen molar-refractivity contribution in [2.45, 2.75) is 6.92 Å². The van der Waals surface area contributed by atoms with E-state index in [-0.39, 0.29) is 5.78 Å². The van der Waals surface area contributed by atoms with E-state index >= 15 is 0 Å². The largest absolute Gasteiger partial charge is 0.399 e. The molecule has 0 radical (unpaired) electrons. The fourth-order valence-corrected chi connectivity index (χ4v) is 1.48. The van der Waals surface area contributed by atoms with Gasteiger partial charge in [-0.3, -0.25) is 4.79 Å². The Morgan fingerprint density at radius 1 is 1.07 bits per heavy atom. The second-order valence-electron chi connectivity index (χ2n) is 3.38. The zero-order valence-corrected chi connectivity index (χ0v) is 7.95. The molecule has 0 saturated carbocycles. The summed E-state index contributed by atoms with van der Waals surface area (Å²) in [7, 11) is 0. The summed E-state index contributed by atoms with van der Waals surface area (Å²) < 4.78 is 0. The number of hydrogen-bond acceptors (Lipinski definition) is 2. The van der Waals surface area contributed by atoms with Crippen molar-refractivity contribution in [1.29, 1.82) is 0 Å². The Hall–Kier alpha value is -1.83. The lowest BCUT2D eigenvalue weighted by Gasteiger charge is -2.01. The number of carbonyl (C=O) groups excluding carboxylic acids is 1. The molecule has 2 aromatic rings. The van der Waals surface area contributed by atoms with Crippen molar-refractivity contribution >= 4 is 22.2 Å². The second-order valence-corrected chi connectivity index (χ2v) is 3.38. The number of rotatable bonds is 1. The number of fused-ring (bicyclic) bond motifs is 1. The Balaban J connectivity index is 2.67. The molecule has 2 nitrogen and oxygen atoms in total. The maximum absolute atomic E-state index is 11.1. The smallest absolute Gasteiger partial charge is 0.159 e. The zero-order chi connectivity index (χ0) is 10.1. The van der Waals surface area contributed by atoms with Crippen LogP contribution in [-0.2, 0) is 0 Å². The third-order valence-electron chi connectivity index (χ3n) is 2.27. The molecule has 2 heteroatoms. The molecule has 2 rings (SSSR count). The van der Waals surface area contributed by atoms with Crippen LogP contribution in [0.2, 0.25) is 0 Å². The first kappa shape index (κ1) is 8.75. The minimum absolute atomic E-state index is 0.0868. The number of anilines is 1. The van der Waals surface area contributed by atoms with E-state index in [4.69, 9.17) is 5.73 Å². The molecule has 14 heavy (non-hydrogen) atoms. The van der Waals surface area contributed by atoms with Gasteiger partial charge in [0, 0.05) is 11.3 Å². The van der Waals surface area contributed by atoms with Gasteiger partial charge in [0.2, 0.25) is 0 Å². The number of ketones is 1. The van der Waals surface area contributed by atoms with Gasteiger partial charge in [0.05, 0.1) is 0 Å². The Morgan fingerprint density at radius 3 is 2.43 bits per heavy atom. The normalized spacial score (nSPS) is 10.4. The van der Waals surface area contributed by atoms with Crippen molar-refractivity contribution in [3.05, 3.63) is 42.0 Å². The monoisotopic (exact) mass is 185 g/mol. The van der Waals surface area contributed by atoms with Gasteiger partial charge in [0.25, 0.3) is 0 Å². The van der Waals surface area contributed by atoms with Crippen LogP contribution in [0, 0.1) is 0 Å². The first-order valence-corrected chi connectivity index (χ1v) is 4.47. The fraction of sp³-hybridized carbons (Fsp3) is 0.0833. The van der Waals surface area contributed by atoms with E-state index in [0.717, 1.165) is 22.0 Å². The maximum Gasteiger partial charge on any atom is 0.159 e. The minimum Gasteiger partial charge on any atom is -0.399 e. The van der Waals surface area contributed by atoms with E-state index in [9.17, 15) is 4.79 Å². The summed E-state index contributed by atoms with van der Waals surface area (Å²) >= 11 is 0. The van der Waals surface area contributed by atoms with E-state index < -0.39 is 0 Å². The van der Waals surface area contributed by atoms with Crippen LogP contribution in [0.25, 0.3) is 10.8 Å². The molecule has 2 aromatic carbocycles. The van der Waals surface area contributed by atoms with Crippen molar-refractivity contribution in [2.24, 2.45) is 0 Å². The molecule has 0 heterocycles. The summed E-state index contributed by atoms with van der Waals surface area (Å²) in [5, 5.41) is 2.11. The topological polar surface area (TPSA) is 43.1 Å². The van der Waals surface area contributed by atoms with Crippen LogP contribution in [0.3, 0.4) is 0 Å². The molecule has 0 aliphatic carbocycles. The Bertz CT molecular complexity index is 503. The molecular formula is C12H11NO. The van der Waals surface area contributed by atoms with Gasteiger partial charge in [-0.05, 0) is 35.9 Å². The lowest BCUT2D eigenvalue weighted by Crippen LogP contribution is -1.91. The third kappa shape index (κ3) is 1.46. The van der Waals surface area contributed by atoms with Crippen molar-refractivity contribution in [3.8, 4) is 0 Å². The SMILES string of the molecule is CC(=O)c1ccc2cc(N)ccc2c1. The number of carbonyl (C=O) groups is 1. The Labute approximate surface area is 82.3 Å². The molecule has 0 aliphatic heterocycles. The van der Waals surface area contributed by atoms with Gasteiger partial charge in [0.1, 0.15) is 0 Å². The minimum atomic E-state index is 0.0868. The molecule has 0 aliphatic rings. The number of Topliss-reactive ketones (excluding diaryl/α,β-unsaturated/α-hetero) is 1.